The van der Waals surface area contributed by atoms with E-state index in [4.69, 9.17) is 16.6 Å². The number of rotatable bonds is 5. The molecule has 0 aliphatic rings. The molecule has 0 amide bonds. The quantitative estimate of drug-likeness (QED) is 0.377. The topological polar surface area (TPSA) is 92.7 Å². The van der Waals surface area contributed by atoms with Gasteiger partial charge in [0.2, 0.25) is 0 Å². The van der Waals surface area contributed by atoms with E-state index < -0.39 is 4.92 Å². The molecule has 1 aromatic heterocycles. The van der Waals surface area contributed by atoms with E-state index >= 15 is 0 Å². The van der Waals surface area contributed by atoms with Crippen LogP contribution < -0.4 is 10.7 Å². The Hall–Kier alpha value is -2.74. The number of aryl methyl sites for hydroxylation is 2. The lowest BCUT2D eigenvalue weighted by Crippen LogP contribution is -2.24. The van der Waals surface area contributed by atoms with Crippen LogP contribution in [0.2, 0.25) is 0 Å². The zero-order chi connectivity index (χ0) is 16.8. The number of thiocarbonyl (C=S) groups is 1. The fraction of sp³-hybridized carbons (Fsp3) is 0.200. The van der Waals surface area contributed by atoms with Crippen LogP contribution in [0.4, 0.5) is 11.6 Å². The summed E-state index contributed by atoms with van der Waals surface area (Å²) in [6.07, 6.45) is 2.20. The molecule has 2 rings (SSSR count). The Morgan fingerprint density at radius 3 is 2.87 bits per heavy atom. The second kappa shape index (κ2) is 7.50. The summed E-state index contributed by atoms with van der Waals surface area (Å²) in [6.45, 7) is 4.06. The molecule has 120 valence electrons. The number of hydrazone groups is 1. The predicted octanol–water partition coefficient (Wildman–Crippen LogP) is 3.38. The Balaban J connectivity index is 1.97. The molecule has 1 heterocycles. The van der Waals surface area contributed by atoms with Crippen molar-refractivity contribution in [3.05, 3.63) is 57.3 Å². The van der Waals surface area contributed by atoms with E-state index in [0.29, 0.717) is 5.11 Å². The molecule has 8 heteroatoms. The van der Waals surface area contributed by atoms with E-state index in [0.717, 1.165) is 23.2 Å². The van der Waals surface area contributed by atoms with E-state index in [2.05, 4.69) is 22.8 Å². The van der Waals surface area contributed by atoms with Gasteiger partial charge in [0.05, 0.1) is 12.3 Å². The lowest BCUT2D eigenvalue weighted by molar-refractivity contribution is -0.402. The Bertz CT molecular complexity index is 755. The molecule has 0 radical (unpaired) electrons. The molecule has 2 aromatic rings. The maximum atomic E-state index is 10.5. The van der Waals surface area contributed by atoms with E-state index in [1.54, 1.807) is 0 Å². The minimum Gasteiger partial charge on any atom is -0.400 e. The summed E-state index contributed by atoms with van der Waals surface area (Å²) in [7, 11) is 0. The highest BCUT2D eigenvalue weighted by Gasteiger charge is 2.10. The number of hydrogen-bond donors (Lipinski definition) is 2. The second-order valence-electron chi connectivity index (χ2n) is 4.72. The SMILES string of the molecule is CCc1cccc(C)c1NC(=S)N/N=C\c1ccc([N+](=O)[O-])o1. The molecule has 0 spiro atoms. The zero-order valence-corrected chi connectivity index (χ0v) is 13.5. The van der Waals surface area contributed by atoms with Gasteiger partial charge in [0.15, 0.2) is 10.9 Å². The first-order valence-corrected chi connectivity index (χ1v) is 7.35. The third-order valence-corrected chi connectivity index (χ3v) is 3.32. The summed E-state index contributed by atoms with van der Waals surface area (Å²) in [5.74, 6) is -0.0724. The summed E-state index contributed by atoms with van der Waals surface area (Å²) in [6, 6.07) is 8.74. The van der Waals surface area contributed by atoms with Crippen molar-refractivity contribution in [2.45, 2.75) is 20.3 Å². The van der Waals surface area contributed by atoms with Crippen LogP contribution >= 0.6 is 12.2 Å². The predicted molar refractivity (Wildman–Crippen MR) is 92.9 cm³/mol. The van der Waals surface area contributed by atoms with Crippen molar-refractivity contribution in [1.29, 1.82) is 0 Å². The smallest absolute Gasteiger partial charge is 0.400 e. The molecule has 0 fully saturated rings. The summed E-state index contributed by atoms with van der Waals surface area (Å²) in [4.78, 5) is 9.90. The van der Waals surface area contributed by atoms with Gasteiger partial charge in [-0.25, -0.2) is 0 Å². The maximum Gasteiger partial charge on any atom is 0.433 e. The number of nitrogens with zero attached hydrogens (tertiary/aromatic N) is 2. The maximum absolute atomic E-state index is 10.5. The average Bonchev–Trinajstić information content (AvgIpc) is 2.98. The highest BCUT2D eigenvalue weighted by molar-refractivity contribution is 7.80. The number of furan rings is 1. The lowest BCUT2D eigenvalue weighted by atomic mass is 10.1. The van der Waals surface area contributed by atoms with E-state index in [-0.39, 0.29) is 11.6 Å². The van der Waals surface area contributed by atoms with Crippen LogP contribution in [0.15, 0.2) is 39.9 Å². The summed E-state index contributed by atoms with van der Waals surface area (Å²) >= 11 is 5.19. The Morgan fingerprint density at radius 1 is 1.43 bits per heavy atom. The zero-order valence-electron chi connectivity index (χ0n) is 12.7. The van der Waals surface area contributed by atoms with Gasteiger partial charge in [0, 0.05) is 5.69 Å². The van der Waals surface area contributed by atoms with Crippen molar-refractivity contribution in [1.82, 2.24) is 5.43 Å². The van der Waals surface area contributed by atoms with Crippen molar-refractivity contribution in [3.8, 4) is 0 Å². The average molecular weight is 332 g/mol. The van der Waals surface area contributed by atoms with Crippen molar-refractivity contribution < 1.29 is 9.34 Å². The van der Waals surface area contributed by atoms with Crippen LogP contribution in [-0.4, -0.2) is 16.3 Å². The van der Waals surface area contributed by atoms with Crippen LogP contribution in [-0.2, 0) is 6.42 Å². The Morgan fingerprint density at radius 2 is 2.22 bits per heavy atom. The van der Waals surface area contributed by atoms with Gasteiger partial charge in [0.1, 0.15) is 4.92 Å². The molecule has 23 heavy (non-hydrogen) atoms. The number of anilines is 1. The first kappa shape index (κ1) is 16.6. The van der Waals surface area contributed by atoms with Gasteiger partial charge in [-0.2, -0.15) is 5.10 Å². The lowest BCUT2D eigenvalue weighted by Gasteiger charge is -2.13. The van der Waals surface area contributed by atoms with Crippen LogP contribution in [0.5, 0.6) is 0 Å². The van der Waals surface area contributed by atoms with Crippen LogP contribution in [0.3, 0.4) is 0 Å². The second-order valence-corrected chi connectivity index (χ2v) is 5.13. The first-order chi connectivity index (χ1) is 11.0. The number of nitrogens with one attached hydrogen (secondary N) is 2. The molecule has 0 unspecified atom stereocenters. The Labute approximate surface area is 138 Å². The molecule has 1 aromatic carbocycles. The van der Waals surface area contributed by atoms with Crippen molar-refractivity contribution in [2.75, 3.05) is 5.32 Å². The van der Waals surface area contributed by atoms with E-state index in [9.17, 15) is 10.1 Å². The number of benzene rings is 1. The molecular formula is C15H16N4O3S. The molecule has 0 saturated carbocycles. The summed E-state index contributed by atoms with van der Waals surface area (Å²) < 4.78 is 4.95. The van der Waals surface area contributed by atoms with Crippen LogP contribution in [0.25, 0.3) is 0 Å². The molecular weight excluding hydrogens is 316 g/mol. The fourth-order valence-corrected chi connectivity index (χ4v) is 2.16. The van der Waals surface area contributed by atoms with Gasteiger partial charge in [-0.05, 0) is 42.8 Å². The van der Waals surface area contributed by atoms with Crippen molar-refractivity contribution in [3.63, 3.8) is 0 Å². The third-order valence-electron chi connectivity index (χ3n) is 3.13. The van der Waals surface area contributed by atoms with Crippen LogP contribution in [0, 0.1) is 17.0 Å². The molecule has 0 aliphatic heterocycles. The molecule has 2 N–H and O–H groups in total. The van der Waals surface area contributed by atoms with Gasteiger partial charge in [-0.15, -0.1) is 0 Å². The molecule has 0 aliphatic carbocycles. The van der Waals surface area contributed by atoms with E-state index in [1.807, 2.05) is 25.1 Å². The van der Waals surface area contributed by atoms with Gasteiger partial charge in [-0.1, -0.05) is 25.1 Å². The molecule has 0 bridgehead atoms. The monoisotopic (exact) mass is 332 g/mol. The Kier molecular flexibility index (Phi) is 5.42. The van der Waals surface area contributed by atoms with Gasteiger partial charge < -0.3 is 9.73 Å². The molecule has 7 nitrogen and oxygen atoms in total. The summed E-state index contributed by atoms with van der Waals surface area (Å²) in [5.41, 5.74) is 5.85. The van der Waals surface area contributed by atoms with Gasteiger partial charge >= 0.3 is 5.88 Å². The first-order valence-electron chi connectivity index (χ1n) is 6.94. The highest BCUT2D eigenvalue weighted by Crippen LogP contribution is 2.20. The van der Waals surface area contributed by atoms with Crippen LogP contribution in [0.1, 0.15) is 23.8 Å². The van der Waals surface area contributed by atoms with Gasteiger partial charge in [-0.3, -0.25) is 15.5 Å². The number of para-hydroxylation sites is 1. The van der Waals surface area contributed by atoms with Gasteiger partial charge in [0.25, 0.3) is 0 Å². The molecule has 0 saturated heterocycles. The minimum atomic E-state index is -0.610. The number of nitro groups is 1. The standard InChI is InChI=1S/C15H16N4O3S/c1-3-11-6-4-5-10(2)14(11)17-15(23)18-16-9-12-7-8-13(22-12)19(20)21/h4-9H,3H2,1-2H3,(H2,17,18,23)/b16-9-. The summed E-state index contributed by atoms with van der Waals surface area (Å²) in [5, 5.41) is 17.8. The minimum absolute atomic E-state index is 0.261. The van der Waals surface area contributed by atoms with E-state index in [1.165, 1.54) is 18.3 Å². The number of hydrogen-bond acceptors (Lipinski definition) is 5. The highest BCUT2D eigenvalue weighted by atomic mass is 32.1. The fourth-order valence-electron chi connectivity index (χ4n) is 2.01. The normalized spacial score (nSPS) is 10.7. The largest absolute Gasteiger partial charge is 0.433 e. The van der Waals surface area contributed by atoms with Crippen molar-refractivity contribution >= 4 is 35.1 Å². The molecule has 0 atom stereocenters. The third kappa shape index (κ3) is 4.36. The van der Waals surface area contributed by atoms with Crippen molar-refractivity contribution in [2.24, 2.45) is 5.10 Å².